The van der Waals surface area contributed by atoms with E-state index in [0.29, 0.717) is 23.6 Å². The number of aromatic hydroxyl groups is 1. The number of nitrogens with zero attached hydrogens (tertiary/aromatic N) is 3. The minimum atomic E-state index is -0.506. The highest BCUT2D eigenvalue weighted by molar-refractivity contribution is 5.98. The van der Waals surface area contributed by atoms with Gasteiger partial charge in [-0.25, -0.2) is 0 Å². The molecule has 0 bridgehead atoms. The standard InChI is InChI=1S/C22H19N3O3/c1-14-12-18(15(2)28-14)21(26)24-23-20-17-10-6-7-11-19(17)25(22(20)27)13-16-8-4-3-5-9-16/h3-12,27H,13H2,1-2H3. The molecular weight excluding hydrogens is 354 g/mol. The van der Waals surface area contributed by atoms with Crippen LogP contribution in [0.15, 0.2) is 75.3 Å². The number of aromatic nitrogens is 1. The first-order chi connectivity index (χ1) is 13.5. The third kappa shape index (κ3) is 3.20. The number of benzene rings is 2. The van der Waals surface area contributed by atoms with Crippen LogP contribution < -0.4 is 0 Å². The number of hydrogen-bond acceptors (Lipinski definition) is 4. The Hall–Kier alpha value is -3.67. The molecule has 2 heterocycles. The van der Waals surface area contributed by atoms with E-state index in [-0.39, 0.29) is 11.6 Å². The molecule has 4 rings (SSSR count). The number of carbonyl (C=O) groups excluding carboxylic acids is 1. The Balaban J connectivity index is 1.74. The fraction of sp³-hybridized carbons (Fsp3) is 0.136. The number of rotatable bonds is 4. The second-order valence-corrected chi connectivity index (χ2v) is 6.59. The fourth-order valence-corrected chi connectivity index (χ4v) is 3.29. The van der Waals surface area contributed by atoms with E-state index < -0.39 is 5.91 Å². The summed E-state index contributed by atoms with van der Waals surface area (Å²) in [6.07, 6.45) is 0. The quantitative estimate of drug-likeness (QED) is 0.478. The van der Waals surface area contributed by atoms with Gasteiger partial charge in [0, 0.05) is 5.39 Å². The lowest BCUT2D eigenvalue weighted by molar-refractivity contribution is 0.0993. The summed E-state index contributed by atoms with van der Waals surface area (Å²) >= 11 is 0. The molecule has 2 aromatic heterocycles. The van der Waals surface area contributed by atoms with Crippen LogP contribution in [0, 0.1) is 13.8 Å². The molecule has 2 aromatic carbocycles. The van der Waals surface area contributed by atoms with Crippen LogP contribution in [-0.2, 0) is 6.54 Å². The predicted octanol–water partition coefficient (Wildman–Crippen LogP) is 5.53. The van der Waals surface area contributed by atoms with Crippen molar-refractivity contribution >= 4 is 22.5 Å². The molecule has 1 N–H and O–H groups in total. The van der Waals surface area contributed by atoms with Gasteiger partial charge in [0.05, 0.1) is 17.6 Å². The van der Waals surface area contributed by atoms with Crippen LogP contribution in [0.2, 0.25) is 0 Å². The zero-order valence-electron chi connectivity index (χ0n) is 15.6. The smallest absolute Gasteiger partial charge is 0.298 e. The monoisotopic (exact) mass is 373 g/mol. The SMILES string of the molecule is Cc1cc(C(=O)N=Nc2c(O)n(Cc3ccccc3)c3ccccc23)c(C)o1. The fourth-order valence-electron chi connectivity index (χ4n) is 3.29. The van der Waals surface area contributed by atoms with Crippen molar-refractivity contribution < 1.29 is 14.3 Å². The highest BCUT2D eigenvalue weighted by Crippen LogP contribution is 2.39. The van der Waals surface area contributed by atoms with Gasteiger partial charge in [-0.3, -0.25) is 4.79 Å². The third-order valence-corrected chi connectivity index (χ3v) is 4.61. The molecule has 4 aromatic rings. The maximum atomic E-state index is 12.4. The van der Waals surface area contributed by atoms with E-state index in [4.69, 9.17) is 4.42 Å². The molecule has 0 saturated carbocycles. The van der Waals surface area contributed by atoms with Crippen LogP contribution in [0.4, 0.5) is 5.69 Å². The van der Waals surface area contributed by atoms with E-state index in [0.717, 1.165) is 16.5 Å². The molecule has 0 aliphatic heterocycles. The van der Waals surface area contributed by atoms with Crippen molar-refractivity contribution in [2.75, 3.05) is 0 Å². The van der Waals surface area contributed by atoms with Gasteiger partial charge in [0.2, 0.25) is 5.88 Å². The van der Waals surface area contributed by atoms with E-state index in [9.17, 15) is 9.90 Å². The third-order valence-electron chi connectivity index (χ3n) is 4.61. The first-order valence-corrected chi connectivity index (χ1v) is 8.92. The molecule has 0 aliphatic carbocycles. The first kappa shape index (κ1) is 17.7. The first-order valence-electron chi connectivity index (χ1n) is 8.92. The van der Waals surface area contributed by atoms with Crippen LogP contribution in [0.3, 0.4) is 0 Å². The Morgan fingerprint density at radius 2 is 1.79 bits per heavy atom. The highest BCUT2D eigenvalue weighted by atomic mass is 16.3. The van der Waals surface area contributed by atoms with Gasteiger partial charge >= 0.3 is 0 Å². The molecule has 0 unspecified atom stereocenters. The second-order valence-electron chi connectivity index (χ2n) is 6.59. The van der Waals surface area contributed by atoms with E-state index in [2.05, 4.69) is 10.2 Å². The van der Waals surface area contributed by atoms with Crippen LogP contribution in [0.1, 0.15) is 27.4 Å². The van der Waals surface area contributed by atoms with Crippen molar-refractivity contribution in [2.45, 2.75) is 20.4 Å². The van der Waals surface area contributed by atoms with E-state index in [1.54, 1.807) is 24.5 Å². The summed E-state index contributed by atoms with van der Waals surface area (Å²) in [5, 5.41) is 19.4. The molecule has 0 atom stereocenters. The van der Waals surface area contributed by atoms with Crippen LogP contribution in [-0.4, -0.2) is 15.6 Å². The molecule has 28 heavy (non-hydrogen) atoms. The van der Waals surface area contributed by atoms with Gasteiger partial charge in [0.15, 0.2) is 5.69 Å². The van der Waals surface area contributed by atoms with Crippen molar-refractivity contribution in [3.05, 3.63) is 83.3 Å². The number of para-hydroxylation sites is 1. The summed E-state index contributed by atoms with van der Waals surface area (Å²) in [4.78, 5) is 12.4. The van der Waals surface area contributed by atoms with Gasteiger partial charge in [0.25, 0.3) is 5.91 Å². The summed E-state index contributed by atoms with van der Waals surface area (Å²) in [5.41, 5.74) is 2.51. The van der Waals surface area contributed by atoms with Crippen molar-refractivity contribution in [2.24, 2.45) is 10.2 Å². The molecule has 0 fully saturated rings. The minimum Gasteiger partial charge on any atom is -0.493 e. The van der Waals surface area contributed by atoms with Crippen molar-refractivity contribution in [1.29, 1.82) is 0 Å². The highest BCUT2D eigenvalue weighted by Gasteiger charge is 2.18. The number of aryl methyl sites for hydroxylation is 2. The lowest BCUT2D eigenvalue weighted by Crippen LogP contribution is -1.98. The van der Waals surface area contributed by atoms with Gasteiger partial charge in [-0.2, -0.15) is 0 Å². The maximum Gasteiger partial charge on any atom is 0.298 e. The zero-order valence-corrected chi connectivity index (χ0v) is 15.6. The lowest BCUT2D eigenvalue weighted by atomic mass is 10.2. The van der Waals surface area contributed by atoms with E-state index >= 15 is 0 Å². The molecule has 140 valence electrons. The Morgan fingerprint density at radius 1 is 1.07 bits per heavy atom. The van der Waals surface area contributed by atoms with Crippen LogP contribution in [0.25, 0.3) is 10.9 Å². The maximum absolute atomic E-state index is 12.4. The molecule has 6 nitrogen and oxygen atoms in total. The van der Waals surface area contributed by atoms with Gasteiger partial charge in [-0.1, -0.05) is 48.5 Å². The summed E-state index contributed by atoms with van der Waals surface area (Å²) in [6, 6.07) is 19.0. The number of fused-ring (bicyclic) bond motifs is 1. The van der Waals surface area contributed by atoms with E-state index in [1.807, 2.05) is 54.6 Å². The molecule has 6 heteroatoms. The van der Waals surface area contributed by atoms with Crippen molar-refractivity contribution in [3.63, 3.8) is 0 Å². The van der Waals surface area contributed by atoms with Gasteiger partial charge in [0.1, 0.15) is 11.5 Å². The number of carbonyl (C=O) groups is 1. The number of amides is 1. The van der Waals surface area contributed by atoms with Crippen LogP contribution >= 0.6 is 0 Å². The average Bonchev–Trinajstić information content (AvgIpc) is 3.17. The second kappa shape index (κ2) is 7.15. The van der Waals surface area contributed by atoms with Gasteiger partial charge < -0.3 is 14.1 Å². The summed E-state index contributed by atoms with van der Waals surface area (Å²) in [5.74, 6) is 0.603. The summed E-state index contributed by atoms with van der Waals surface area (Å²) < 4.78 is 7.14. The molecule has 0 saturated heterocycles. The minimum absolute atomic E-state index is 0.0262. The molecule has 0 radical (unpaired) electrons. The van der Waals surface area contributed by atoms with Crippen LogP contribution in [0.5, 0.6) is 5.88 Å². The molecular formula is C22H19N3O3. The Kier molecular flexibility index (Phi) is 4.53. The zero-order chi connectivity index (χ0) is 19.7. The topological polar surface area (TPSA) is 80.1 Å². The normalized spacial score (nSPS) is 11.5. The number of furan rings is 1. The van der Waals surface area contributed by atoms with E-state index in [1.165, 1.54) is 0 Å². The Bertz CT molecular complexity index is 1190. The predicted molar refractivity (Wildman–Crippen MR) is 106 cm³/mol. The number of azo groups is 1. The van der Waals surface area contributed by atoms with Crippen molar-refractivity contribution in [1.82, 2.24) is 4.57 Å². The largest absolute Gasteiger partial charge is 0.493 e. The summed E-state index contributed by atoms with van der Waals surface area (Å²) in [7, 11) is 0. The van der Waals surface area contributed by atoms with Gasteiger partial charge in [-0.15, -0.1) is 10.2 Å². The van der Waals surface area contributed by atoms with Crippen molar-refractivity contribution in [3.8, 4) is 5.88 Å². The Morgan fingerprint density at radius 3 is 2.50 bits per heavy atom. The van der Waals surface area contributed by atoms with Gasteiger partial charge in [-0.05, 0) is 31.5 Å². The average molecular weight is 373 g/mol. The molecule has 0 aliphatic rings. The molecule has 1 amide bonds. The lowest BCUT2D eigenvalue weighted by Gasteiger charge is -2.06. The number of hydrogen-bond donors (Lipinski definition) is 1. The Labute approximate surface area is 161 Å². The molecule has 0 spiro atoms. The summed E-state index contributed by atoms with van der Waals surface area (Å²) in [6.45, 7) is 3.96.